The van der Waals surface area contributed by atoms with Crippen LogP contribution in [-0.2, 0) is 21.7 Å². The Balaban J connectivity index is 0. The third-order valence-corrected chi connectivity index (χ3v) is 5.94. The van der Waals surface area contributed by atoms with Crippen LogP contribution in [0.2, 0.25) is 0 Å². The zero-order valence-electron chi connectivity index (χ0n) is 22.3. The van der Waals surface area contributed by atoms with Gasteiger partial charge in [0.05, 0.1) is 0 Å². The van der Waals surface area contributed by atoms with Crippen molar-refractivity contribution in [2.75, 3.05) is 0 Å². The molecule has 0 saturated heterocycles. The average Bonchev–Trinajstić information content (AvgIpc) is 3.34. The van der Waals surface area contributed by atoms with Crippen LogP contribution in [0.3, 0.4) is 0 Å². The Morgan fingerprint density at radius 1 is 0.912 bits per heavy atom. The molecule has 1 aromatic rings. The van der Waals surface area contributed by atoms with Crippen LogP contribution in [-0.4, -0.2) is 6.04 Å². The fourth-order valence-corrected chi connectivity index (χ4v) is 4.20. The fourth-order valence-electron chi connectivity index (χ4n) is 4.20. The van der Waals surface area contributed by atoms with Gasteiger partial charge in [0.25, 0.3) is 0 Å². The summed E-state index contributed by atoms with van der Waals surface area (Å²) >= 11 is 0. The summed E-state index contributed by atoms with van der Waals surface area (Å²) in [6.45, 7) is 7.51. The van der Waals surface area contributed by atoms with Gasteiger partial charge < -0.3 is 20.6 Å². The smallest absolute Gasteiger partial charge is 0.675 e. The van der Waals surface area contributed by atoms with Gasteiger partial charge in [-0.05, 0) is 12.5 Å². The van der Waals surface area contributed by atoms with Crippen LogP contribution < -0.4 is 10.4 Å². The SMILES string of the molecule is C=CC=CC.CC1=[C-]c2cc3c(cc2=C1)C=CC=3.[CH3-].[CH3-].[NH-]C1CCCCCCCCCCC1.[Ti+4]. The van der Waals surface area contributed by atoms with Crippen molar-refractivity contribution < 1.29 is 21.7 Å². The van der Waals surface area contributed by atoms with Gasteiger partial charge in [-0.1, -0.05) is 132 Å². The first-order valence-corrected chi connectivity index (χ1v) is 12.2. The van der Waals surface area contributed by atoms with Gasteiger partial charge >= 0.3 is 21.7 Å². The van der Waals surface area contributed by atoms with E-state index in [1.54, 1.807) is 6.08 Å². The van der Waals surface area contributed by atoms with Crippen LogP contribution in [0.5, 0.6) is 0 Å². The van der Waals surface area contributed by atoms with E-state index in [1.165, 1.54) is 84.9 Å². The molecule has 3 aliphatic rings. The van der Waals surface area contributed by atoms with Crippen molar-refractivity contribution >= 4 is 18.2 Å². The molecule has 3 aliphatic carbocycles. The summed E-state index contributed by atoms with van der Waals surface area (Å²) in [7, 11) is 0. The number of fused-ring (bicyclic) bond motifs is 2. The van der Waals surface area contributed by atoms with Gasteiger partial charge in [0.1, 0.15) is 0 Å². The summed E-state index contributed by atoms with van der Waals surface area (Å²) < 4.78 is 0. The average molecular weight is 494 g/mol. The molecule has 1 nitrogen and oxygen atoms in total. The minimum atomic E-state index is 0. The van der Waals surface area contributed by atoms with E-state index < -0.39 is 0 Å². The zero-order valence-corrected chi connectivity index (χ0v) is 23.8. The Labute approximate surface area is 226 Å². The largest absolute Gasteiger partial charge is 4.00 e. The van der Waals surface area contributed by atoms with E-state index in [4.69, 9.17) is 5.73 Å². The molecule has 4 rings (SSSR count). The van der Waals surface area contributed by atoms with Crippen molar-refractivity contribution in [3.05, 3.63) is 96.8 Å². The quantitative estimate of drug-likeness (QED) is 0.212. The van der Waals surface area contributed by atoms with Crippen LogP contribution in [0, 0.1) is 20.9 Å². The van der Waals surface area contributed by atoms with E-state index in [0.29, 0.717) is 0 Å². The molecule has 1 aromatic carbocycles. The van der Waals surface area contributed by atoms with Gasteiger partial charge in [-0.25, -0.2) is 0 Å². The molecule has 1 N–H and O–H groups in total. The summed E-state index contributed by atoms with van der Waals surface area (Å²) in [5.74, 6) is 0. The molecule has 34 heavy (non-hydrogen) atoms. The maximum atomic E-state index is 7.80. The van der Waals surface area contributed by atoms with E-state index >= 15 is 0 Å². The molecular weight excluding hydrogens is 446 g/mol. The molecule has 0 amide bonds. The molecule has 0 unspecified atom stereocenters. The second kappa shape index (κ2) is 20.9. The van der Waals surface area contributed by atoms with Gasteiger partial charge in [0.15, 0.2) is 0 Å². The topological polar surface area (TPSA) is 23.8 Å². The van der Waals surface area contributed by atoms with Crippen molar-refractivity contribution in [3.63, 3.8) is 0 Å². The Morgan fingerprint density at radius 3 is 1.97 bits per heavy atom. The summed E-state index contributed by atoms with van der Waals surface area (Å²) in [6.07, 6.45) is 32.3. The second-order valence-corrected chi connectivity index (χ2v) is 8.76. The van der Waals surface area contributed by atoms with Crippen molar-refractivity contribution in [1.82, 2.24) is 0 Å². The predicted octanol–water partition coefficient (Wildman–Crippen LogP) is 8.74. The van der Waals surface area contributed by atoms with E-state index in [-0.39, 0.29) is 42.6 Å². The molecule has 1 fully saturated rings. The first-order valence-electron chi connectivity index (χ1n) is 12.2. The van der Waals surface area contributed by atoms with E-state index in [2.05, 4.69) is 56.0 Å². The molecule has 0 atom stereocenters. The summed E-state index contributed by atoms with van der Waals surface area (Å²) in [6, 6.07) is 4.69. The minimum absolute atomic E-state index is 0. The third kappa shape index (κ3) is 13.5. The van der Waals surface area contributed by atoms with Gasteiger partial charge in [0, 0.05) is 0 Å². The minimum Gasteiger partial charge on any atom is -0.675 e. The summed E-state index contributed by atoms with van der Waals surface area (Å²) in [5.41, 5.74) is 11.6. The maximum absolute atomic E-state index is 7.80. The molecule has 2 heteroatoms. The molecule has 1 saturated carbocycles. The normalized spacial score (nSPS) is 16.9. The first kappa shape index (κ1) is 34.8. The summed E-state index contributed by atoms with van der Waals surface area (Å²) in [5, 5.41) is 2.62. The van der Waals surface area contributed by atoms with Crippen molar-refractivity contribution in [3.8, 4) is 0 Å². The van der Waals surface area contributed by atoms with Crippen LogP contribution in [0.1, 0.15) is 95.6 Å². The standard InChI is InChI=1S/C13H9.C12H24N.C5H8.2CH3.Ti/c1-9-5-12-7-10-3-2-4-11(10)8-13(12)6-9;13-12-10-8-6-4-2-1-3-5-7-9-11-12;1-3-5-4-2;;;/h2-5,7-8H,1H3;12-13H,1-11H2;3-5H,1H2,2H3;2*1H3;/q2*-1;;2*-1;+4. The van der Waals surface area contributed by atoms with Crippen LogP contribution in [0.15, 0.2) is 48.6 Å². The first-order chi connectivity index (χ1) is 15.1. The van der Waals surface area contributed by atoms with Crippen LogP contribution in [0.25, 0.3) is 24.0 Å². The van der Waals surface area contributed by atoms with Crippen LogP contribution >= 0.6 is 0 Å². The van der Waals surface area contributed by atoms with Gasteiger partial charge in [0.2, 0.25) is 0 Å². The summed E-state index contributed by atoms with van der Waals surface area (Å²) in [4.78, 5) is 0. The molecule has 0 bridgehead atoms. The number of hydrogen-bond donors (Lipinski definition) is 0. The fraction of sp³-hybridized carbons (Fsp3) is 0.438. The number of allylic oxidation sites excluding steroid dienone is 5. The van der Waals surface area contributed by atoms with Crippen molar-refractivity contribution in [1.29, 1.82) is 0 Å². The molecule has 0 aromatic heterocycles. The van der Waals surface area contributed by atoms with E-state index in [1.807, 2.05) is 19.1 Å². The number of nitrogens with one attached hydrogen (secondary N) is 1. The zero-order chi connectivity index (χ0) is 22.3. The van der Waals surface area contributed by atoms with Crippen LogP contribution in [0.4, 0.5) is 0 Å². The Kier molecular flexibility index (Phi) is 21.4. The van der Waals surface area contributed by atoms with E-state index in [9.17, 15) is 0 Å². The third-order valence-electron chi connectivity index (χ3n) is 5.94. The number of rotatable bonds is 1. The predicted molar refractivity (Wildman–Crippen MR) is 152 cm³/mol. The number of hydrogen-bond acceptors (Lipinski definition) is 0. The maximum Gasteiger partial charge on any atom is 4.00 e. The molecule has 0 aliphatic heterocycles. The monoisotopic (exact) mass is 493 g/mol. The molecule has 0 radical (unpaired) electrons. The van der Waals surface area contributed by atoms with Gasteiger partial charge in [-0.2, -0.15) is 11.6 Å². The van der Waals surface area contributed by atoms with Gasteiger partial charge in [-0.15, -0.1) is 29.0 Å². The Hall–Kier alpha value is -1.41. The Morgan fingerprint density at radius 2 is 1.47 bits per heavy atom. The van der Waals surface area contributed by atoms with E-state index in [0.717, 1.165) is 12.8 Å². The molecule has 0 heterocycles. The van der Waals surface area contributed by atoms with Gasteiger partial charge in [-0.3, -0.25) is 0 Å². The molecular formula is C32H47NTi. The second-order valence-electron chi connectivity index (χ2n) is 8.76. The number of benzene rings is 1. The Bertz CT molecular complexity index is 876. The van der Waals surface area contributed by atoms with Crippen molar-refractivity contribution in [2.45, 2.75) is 90.5 Å². The van der Waals surface area contributed by atoms with Crippen molar-refractivity contribution in [2.24, 2.45) is 0 Å². The molecule has 0 spiro atoms. The molecule has 184 valence electrons.